The number of aromatic hydroxyl groups is 1. The summed E-state index contributed by atoms with van der Waals surface area (Å²) in [6.07, 6.45) is -1.80. The van der Waals surface area contributed by atoms with Gasteiger partial charge < -0.3 is 5.11 Å². The first-order chi connectivity index (χ1) is 6.07. The predicted molar refractivity (Wildman–Crippen MR) is 45.4 cm³/mol. The number of hydrogen-bond acceptors (Lipinski definition) is 2. The van der Waals surface area contributed by atoms with Crippen LogP contribution in [0.3, 0.4) is 0 Å². The highest BCUT2D eigenvalue weighted by molar-refractivity contribution is 6.30. The lowest BCUT2D eigenvalue weighted by Gasteiger charge is -2.08. The molecule has 0 aromatic carbocycles. The molecule has 1 aromatic rings. The van der Waals surface area contributed by atoms with Crippen LogP contribution in [0.4, 0.5) is 8.78 Å². The van der Waals surface area contributed by atoms with Crippen molar-refractivity contribution in [1.29, 1.82) is 0 Å². The normalized spacial score (nSPS) is 10.8. The van der Waals surface area contributed by atoms with Crippen LogP contribution in [0.2, 0.25) is 5.15 Å². The lowest BCUT2D eigenvalue weighted by atomic mass is 10.1. The molecular formula is C7H5Cl2F2NO. The van der Waals surface area contributed by atoms with E-state index >= 15 is 0 Å². The molecule has 1 heterocycles. The van der Waals surface area contributed by atoms with Crippen molar-refractivity contribution in [3.8, 4) is 5.75 Å². The van der Waals surface area contributed by atoms with E-state index < -0.39 is 12.0 Å². The maximum Gasteiger partial charge on any atom is 0.267 e. The Hall–Kier alpha value is -0.610. The van der Waals surface area contributed by atoms with Gasteiger partial charge in [0.25, 0.3) is 6.43 Å². The van der Waals surface area contributed by atoms with E-state index in [1.165, 1.54) is 0 Å². The number of hydrogen-bond donors (Lipinski definition) is 1. The summed E-state index contributed by atoms with van der Waals surface area (Å²) in [6, 6.07) is 0. The second kappa shape index (κ2) is 4.07. The van der Waals surface area contributed by atoms with Crippen LogP contribution < -0.4 is 0 Å². The van der Waals surface area contributed by atoms with Crippen molar-refractivity contribution < 1.29 is 13.9 Å². The Balaban J connectivity index is 3.35. The number of alkyl halides is 3. The zero-order valence-electron chi connectivity index (χ0n) is 6.27. The third kappa shape index (κ3) is 2.00. The third-order valence-electron chi connectivity index (χ3n) is 1.51. The highest BCUT2D eigenvalue weighted by Crippen LogP contribution is 2.34. The summed E-state index contributed by atoms with van der Waals surface area (Å²) in [5.41, 5.74) is -0.576. The lowest BCUT2D eigenvalue weighted by Crippen LogP contribution is -1.96. The molecule has 6 heteroatoms. The molecule has 1 rings (SSSR count). The van der Waals surface area contributed by atoms with E-state index in [1.807, 2.05) is 0 Å². The average Bonchev–Trinajstić information content (AvgIpc) is 2.07. The largest absolute Gasteiger partial charge is 0.506 e. The van der Waals surface area contributed by atoms with Crippen LogP contribution in [0, 0.1) is 0 Å². The van der Waals surface area contributed by atoms with Crippen molar-refractivity contribution in [2.45, 2.75) is 12.3 Å². The summed E-state index contributed by atoms with van der Waals surface area (Å²) >= 11 is 10.8. The molecule has 1 aromatic heterocycles. The molecule has 0 aliphatic heterocycles. The van der Waals surface area contributed by atoms with Crippen molar-refractivity contribution in [3.05, 3.63) is 22.5 Å². The Kier molecular flexibility index (Phi) is 3.27. The number of nitrogens with zero attached hydrogens (tertiary/aromatic N) is 1. The molecule has 0 saturated carbocycles. The van der Waals surface area contributed by atoms with Gasteiger partial charge >= 0.3 is 0 Å². The van der Waals surface area contributed by atoms with Crippen LogP contribution in [0.15, 0.2) is 6.20 Å². The summed E-state index contributed by atoms with van der Waals surface area (Å²) < 4.78 is 24.7. The van der Waals surface area contributed by atoms with Crippen molar-refractivity contribution in [2.75, 3.05) is 0 Å². The molecule has 0 atom stereocenters. The van der Waals surface area contributed by atoms with Gasteiger partial charge in [-0.05, 0) is 0 Å². The lowest BCUT2D eigenvalue weighted by molar-refractivity contribution is 0.149. The Bertz CT molecular complexity index is 320. The first kappa shape index (κ1) is 10.5. The van der Waals surface area contributed by atoms with Gasteiger partial charge in [-0.25, -0.2) is 13.8 Å². The fraction of sp³-hybridized carbons (Fsp3) is 0.286. The monoisotopic (exact) mass is 227 g/mol. The molecule has 0 fully saturated rings. The van der Waals surface area contributed by atoms with E-state index in [9.17, 15) is 8.78 Å². The Morgan fingerprint density at radius 1 is 1.54 bits per heavy atom. The molecule has 0 aliphatic carbocycles. The van der Waals surface area contributed by atoms with E-state index in [2.05, 4.69) is 4.98 Å². The zero-order chi connectivity index (χ0) is 10.0. The van der Waals surface area contributed by atoms with Crippen LogP contribution in [0.5, 0.6) is 5.75 Å². The van der Waals surface area contributed by atoms with Gasteiger partial charge in [0.15, 0.2) is 0 Å². The van der Waals surface area contributed by atoms with Crippen LogP contribution in [0.1, 0.15) is 17.6 Å². The van der Waals surface area contributed by atoms with E-state index in [4.69, 9.17) is 28.3 Å². The minimum Gasteiger partial charge on any atom is -0.506 e. The highest BCUT2D eigenvalue weighted by Gasteiger charge is 2.20. The molecule has 1 N–H and O–H groups in total. The first-order valence-electron chi connectivity index (χ1n) is 3.28. The molecule has 0 aliphatic rings. The predicted octanol–water partition coefficient (Wildman–Crippen LogP) is 3.12. The smallest absolute Gasteiger partial charge is 0.267 e. The van der Waals surface area contributed by atoms with Gasteiger partial charge in [-0.1, -0.05) is 11.6 Å². The molecule has 0 bridgehead atoms. The van der Waals surface area contributed by atoms with Gasteiger partial charge in [-0.15, -0.1) is 11.6 Å². The quantitative estimate of drug-likeness (QED) is 0.623. The molecule has 72 valence electrons. The molecule has 0 amide bonds. The fourth-order valence-electron chi connectivity index (χ4n) is 0.890. The molecule has 13 heavy (non-hydrogen) atoms. The van der Waals surface area contributed by atoms with Crippen LogP contribution in [-0.2, 0) is 5.88 Å². The van der Waals surface area contributed by atoms with Crippen molar-refractivity contribution in [2.24, 2.45) is 0 Å². The standard InChI is InChI=1S/C7H5Cl2F2NO/c8-1-3-4(13)2-12-6(9)5(3)7(10)11/h2,7,13H,1H2. The molecular weight excluding hydrogens is 223 g/mol. The van der Waals surface area contributed by atoms with Crippen LogP contribution in [-0.4, -0.2) is 10.1 Å². The fourth-order valence-corrected chi connectivity index (χ4v) is 1.42. The minimum absolute atomic E-state index is 0.0725. The average molecular weight is 228 g/mol. The van der Waals surface area contributed by atoms with Gasteiger partial charge in [0.1, 0.15) is 10.9 Å². The topological polar surface area (TPSA) is 33.1 Å². The minimum atomic E-state index is -2.79. The van der Waals surface area contributed by atoms with Gasteiger partial charge in [0, 0.05) is 5.56 Å². The van der Waals surface area contributed by atoms with Crippen molar-refractivity contribution in [1.82, 2.24) is 4.98 Å². The van der Waals surface area contributed by atoms with Gasteiger partial charge in [0.2, 0.25) is 0 Å². The molecule has 2 nitrogen and oxygen atoms in total. The summed E-state index contributed by atoms with van der Waals surface area (Å²) in [5, 5.41) is 8.80. The summed E-state index contributed by atoms with van der Waals surface area (Å²) in [6.45, 7) is 0. The second-order valence-corrected chi connectivity index (χ2v) is 2.89. The van der Waals surface area contributed by atoms with Crippen LogP contribution in [0.25, 0.3) is 0 Å². The third-order valence-corrected chi connectivity index (χ3v) is 2.08. The summed E-state index contributed by atoms with van der Waals surface area (Å²) in [5.74, 6) is -0.594. The maximum absolute atomic E-state index is 12.4. The number of pyridine rings is 1. The van der Waals surface area contributed by atoms with Gasteiger partial charge in [-0.2, -0.15) is 0 Å². The van der Waals surface area contributed by atoms with Crippen molar-refractivity contribution >= 4 is 23.2 Å². The number of aromatic nitrogens is 1. The molecule has 0 radical (unpaired) electrons. The Labute approximate surface area is 83.1 Å². The second-order valence-electron chi connectivity index (χ2n) is 2.26. The van der Waals surface area contributed by atoms with E-state index in [-0.39, 0.29) is 22.3 Å². The van der Waals surface area contributed by atoms with E-state index in [0.29, 0.717) is 0 Å². The Morgan fingerprint density at radius 3 is 2.54 bits per heavy atom. The molecule has 0 spiro atoms. The summed E-state index contributed by atoms with van der Waals surface area (Å²) in [7, 11) is 0. The van der Waals surface area contributed by atoms with Gasteiger partial charge in [-0.3, -0.25) is 0 Å². The van der Waals surface area contributed by atoms with Crippen LogP contribution >= 0.6 is 23.2 Å². The SMILES string of the molecule is Oc1cnc(Cl)c(C(F)F)c1CCl. The summed E-state index contributed by atoms with van der Waals surface area (Å²) in [4.78, 5) is 3.39. The number of halogens is 4. The Morgan fingerprint density at radius 2 is 2.15 bits per heavy atom. The molecule has 0 saturated heterocycles. The first-order valence-corrected chi connectivity index (χ1v) is 4.19. The highest BCUT2D eigenvalue weighted by atomic mass is 35.5. The molecule has 0 unspecified atom stereocenters. The van der Waals surface area contributed by atoms with Gasteiger partial charge in [0.05, 0.1) is 17.6 Å². The van der Waals surface area contributed by atoms with E-state index in [1.54, 1.807) is 0 Å². The number of rotatable bonds is 2. The zero-order valence-corrected chi connectivity index (χ0v) is 7.78. The maximum atomic E-state index is 12.4. The van der Waals surface area contributed by atoms with E-state index in [0.717, 1.165) is 6.20 Å². The van der Waals surface area contributed by atoms with Crippen molar-refractivity contribution in [3.63, 3.8) is 0 Å².